The Morgan fingerprint density at radius 1 is 1.50 bits per heavy atom. The molecule has 0 aliphatic carbocycles. The predicted octanol–water partition coefficient (Wildman–Crippen LogP) is 1.74. The minimum atomic E-state index is -0.466. The van der Waals surface area contributed by atoms with E-state index in [2.05, 4.69) is 4.52 Å². The maximum absolute atomic E-state index is 10.8. The van der Waals surface area contributed by atoms with Crippen molar-refractivity contribution in [2.75, 3.05) is 7.11 Å². The van der Waals surface area contributed by atoms with E-state index in [1.807, 2.05) is 9.47 Å². The number of ether oxygens (including phenoxy) is 1. The van der Waals surface area contributed by atoms with Crippen LogP contribution >= 0.6 is 9.47 Å². The molecule has 0 bridgehead atoms. The fourth-order valence-electron chi connectivity index (χ4n) is 1.00. The first-order valence-electron chi connectivity index (χ1n) is 4.13. The van der Waals surface area contributed by atoms with Crippen LogP contribution < -0.4 is 4.74 Å². The number of rotatable bonds is 3. The number of carbonyl (C=O) groups excluding carboxylic acids is 1. The maximum Gasteiger partial charge on any atom is 0.332 e. The van der Waals surface area contributed by atoms with E-state index in [0.29, 0.717) is 5.75 Å². The zero-order chi connectivity index (χ0) is 11.3. The molecule has 1 aromatic rings. The van der Waals surface area contributed by atoms with Crippen LogP contribution in [0, 0.1) is 0 Å². The van der Waals surface area contributed by atoms with Crippen LogP contribution in [0.15, 0.2) is 24.3 Å². The van der Waals surface area contributed by atoms with E-state index < -0.39 is 5.97 Å². The van der Waals surface area contributed by atoms with Crippen molar-refractivity contribution in [2.45, 2.75) is 0 Å². The molecule has 4 nitrogen and oxygen atoms in total. The molecule has 1 unspecified atom stereocenters. The van der Waals surface area contributed by atoms with Gasteiger partial charge in [-0.1, -0.05) is 6.07 Å². The summed E-state index contributed by atoms with van der Waals surface area (Å²) in [6, 6.07) is 4.76. The normalized spacial score (nSPS) is 9.62. The Bertz CT molecular complexity index is 392. The zero-order valence-electron chi connectivity index (χ0n) is 8.54. The van der Waals surface area contributed by atoms with Gasteiger partial charge in [0.1, 0.15) is 0 Å². The van der Waals surface area contributed by atoms with Crippen molar-refractivity contribution in [2.24, 2.45) is 0 Å². The van der Waals surface area contributed by atoms with Crippen LogP contribution in [0.1, 0.15) is 5.56 Å². The molecule has 0 aromatic heterocycles. The third kappa shape index (κ3) is 4.34. The van der Waals surface area contributed by atoms with Crippen molar-refractivity contribution in [3.63, 3.8) is 0 Å². The van der Waals surface area contributed by atoms with Gasteiger partial charge in [0, 0.05) is 27.1 Å². The topological polar surface area (TPSA) is 55.8 Å². The van der Waals surface area contributed by atoms with Crippen molar-refractivity contribution in [3.05, 3.63) is 29.8 Å². The summed E-state index contributed by atoms with van der Waals surface area (Å²) < 4.78 is 9.28. The molecular weight excluding hydrogens is 399 g/mol. The number of hydrogen-bond donors (Lipinski definition) is 1. The quantitative estimate of drug-likeness (QED) is 0.610. The van der Waals surface area contributed by atoms with E-state index in [0.717, 1.165) is 5.56 Å². The van der Waals surface area contributed by atoms with Gasteiger partial charge < -0.3 is 14.4 Å². The minimum Gasteiger partial charge on any atom is -0.504 e. The maximum atomic E-state index is 10.8. The van der Waals surface area contributed by atoms with E-state index in [9.17, 15) is 9.90 Å². The van der Waals surface area contributed by atoms with Crippen molar-refractivity contribution in [3.8, 4) is 11.5 Å². The third-order valence-electron chi connectivity index (χ3n) is 1.73. The Morgan fingerprint density at radius 3 is 2.75 bits per heavy atom. The molecule has 1 N–H and O–H groups in total. The second-order valence-electron chi connectivity index (χ2n) is 2.70. The van der Waals surface area contributed by atoms with Crippen LogP contribution in [-0.2, 0) is 30.4 Å². The first kappa shape index (κ1) is 15.1. The first-order valence-corrected chi connectivity index (χ1v) is 4.60. The molecule has 0 heterocycles. The van der Waals surface area contributed by atoms with Crippen molar-refractivity contribution < 1.29 is 40.2 Å². The molecule has 0 aliphatic heterocycles. The van der Waals surface area contributed by atoms with E-state index in [-0.39, 0.29) is 26.8 Å². The number of hydrogen-bond acceptors (Lipinski definition) is 4. The molecule has 16 heavy (non-hydrogen) atoms. The molecule has 86 valence electrons. The van der Waals surface area contributed by atoms with Crippen LogP contribution in [0.3, 0.4) is 0 Å². The number of aromatic hydroxyl groups is 1. The molecular formula is C10H11O4PW. The van der Waals surface area contributed by atoms with Gasteiger partial charge in [-0.2, -0.15) is 0 Å². The monoisotopic (exact) mass is 410 g/mol. The number of benzene rings is 1. The Labute approximate surface area is 110 Å². The van der Waals surface area contributed by atoms with Gasteiger partial charge in [-0.05, 0) is 23.8 Å². The Morgan fingerprint density at radius 2 is 2.19 bits per heavy atom. The van der Waals surface area contributed by atoms with Crippen molar-refractivity contribution in [1.82, 2.24) is 0 Å². The van der Waals surface area contributed by atoms with Crippen molar-refractivity contribution >= 4 is 21.5 Å². The van der Waals surface area contributed by atoms with E-state index in [1.54, 1.807) is 18.2 Å². The average molecular weight is 410 g/mol. The minimum absolute atomic E-state index is 0. The smallest absolute Gasteiger partial charge is 0.332 e. The number of methoxy groups -OCH3 is 1. The van der Waals surface area contributed by atoms with Crippen LogP contribution in [0.2, 0.25) is 0 Å². The van der Waals surface area contributed by atoms with E-state index in [4.69, 9.17) is 4.74 Å². The first-order chi connectivity index (χ1) is 7.17. The summed E-state index contributed by atoms with van der Waals surface area (Å²) in [5, 5.41) is 9.31. The fraction of sp³-hybridized carbons (Fsp3) is 0.100. The van der Waals surface area contributed by atoms with Gasteiger partial charge in [-0.25, -0.2) is 4.79 Å². The van der Waals surface area contributed by atoms with Crippen LogP contribution in [0.5, 0.6) is 11.5 Å². The van der Waals surface area contributed by atoms with Gasteiger partial charge in [0.05, 0.1) is 16.6 Å². The van der Waals surface area contributed by atoms with Crippen LogP contribution in [0.4, 0.5) is 0 Å². The molecule has 0 saturated carbocycles. The molecule has 1 aromatic carbocycles. The average Bonchev–Trinajstić information content (AvgIpc) is 2.27. The third-order valence-corrected chi connectivity index (χ3v) is 1.96. The SMILES string of the molecule is COc1cc(/C=C/C(=O)OP)ccc1O.[W]. The summed E-state index contributed by atoms with van der Waals surface area (Å²) in [6.07, 6.45) is 2.84. The van der Waals surface area contributed by atoms with E-state index in [1.165, 1.54) is 19.3 Å². The van der Waals surface area contributed by atoms with Crippen LogP contribution in [0.25, 0.3) is 6.08 Å². The van der Waals surface area contributed by atoms with Gasteiger partial charge in [0.25, 0.3) is 0 Å². The summed E-state index contributed by atoms with van der Waals surface area (Å²) in [5.41, 5.74) is 0.736. The van der Waals surface area contributed by atoms with Gasteiger partial charge in [0.15, 0.2) is 11.5 Å². The molecule has 1 rings (SSSR count). The van der Waals surface area contributed by atoms with Gasteiger partial charge in [-0.15, -0.1) is 0 Å². The summed E-state index contributed by atoms with van der Waals surface area (Å²) in [4.78, 5) is 10.8. The van der Waals surface area contributed by atoms with Gasteiger partial charge in [0.2, 0.25) is 0 Å². The Balaban J connectivity index is 0.00000225. The zero-order valence-corrected chi connectivity index (χ0v) is 12.6. The summed E-state index contributed by atoms with van der Waals surface area (Å²) in [6.45, 7) is 0. The van der Waals surface area contributed by atoms with Crippen molar-refractivity contribution in [1.29, 1.82) is 0 Å². The van der Waals surface area contributed by atoms with Crippen LogP contribution in [-0.4, -0.2) is 18.2 Å². The number of phenolic OH excluding ortho intramolecular Hbond substituents is 1. The largest absolute Gasteiger partial charge is 0.504 e. The standard InChI is InChI=1S/C10H11O4P.W/c1-13-9-6-7(2-4-8(9)11)3-5-10(12)14-15;/h2-6,11H,15H2,1H3;/b5-3+;. The van der Waals surface area contributed by atoms with E-state index >= 15 is 0 Å². The molecule has 0 radical (unpaired) electrons. The summed E-state index contributed by atoms with van der Waals surface area (Å²) in [7, 11) is 3.32. The molecule has 0 saturated heterocycles. The molecule has 0 spiro atoms. The summed E-state index contributed by atoms with van der Waals surface area (Å²) in [5.74, 6) is -0.0493. The summed E-state index contributed by atoms with van der Waals surface area (Å²) >= 11 is 0. The molecule has 0 amide bonds. The molecule has 6 heteroatoms. The van der Waals surface area contributed by atoms with Gasteiger partial charge >= 0.3 is 5.97 Å². The predicted molar refractivity (Wildman–Crippen MR) is 59.5 cm³/mol. The fourth-order valence-corrected chi connectivity index (χ4v) is 1.08. The molecule has 0 aliphatic rings. The number of phenols is 1. The van der Waals surface area contributed by atoms with Gasteiger partial charge in [-0.3, -0.25) is 0 Å². The Kier molecular flexibility index (Phi) is 7.03. The second kappa shape index (κ2) is 7.43. The Hall–Kier alpha value is -0.852. The molecule has 0 fully saturated rings. The number of carbonyl (C=O) groups is 1. The molecule has 1 atom stereocenters. The second-order valence-corrected chi connectivity index (χ2v) is 2.94.